The van der Waals surface area contributed by atoms with Gasteiger partial charge >= 0.3 is 0 Å². The maximum Gasteiger partial charge on any atom is 0.0327 e. The van der Waals surface area contributed by atoms with Gasteiger partial charge in [0.05, 0.1) is 0 Å². The average molecular weight is 288 g/mol. The van der Waals surface area contributed by atoms with Crippen LogP contribution in [0.15, 0.2) is 15.9 Å². The molecule has 1 N–H and O–H groups in total. The minimum absolute atomic E-state index is 0.668. The van der Waals surface area contributed by atoms with Gasteiger partial charge in [0.2, 0.25) is 0 Å². The highest BCUT2D eigenvalue weighted by Crippen LogP contribution is 2.28. The summed E-state index contributed by atoms with van der Waals surface area (Å²) < 4.78 is 1.25. The van der Waals surface area contributed by atoms with Crippen molar-refractivity contribution in [1.82, 2.24) is 5.32 Å². The van der Waals surface area contributed by atoms with Crippen LogP contribution >= 0.6 is 27.3 Å². The first kappa shape index (κ1) is 11.6. The molecule has 0 unspecified atom stereocenters. The summed E-state index contributed by atoms with van der Waals surface area (Å²) in [5.41, 5.74) is 0. The predicted octanol–water partition coefficient (Wildman–Crippen LogP) is 4.18. The van der Waals surface area contributed by atoms with E-state index in [1.165, 1.54) is 35.0 Å². The molecule has 0 spiro atoms. The van der Waals surface area contributed by atoms with Crippen LogP contribution in [0.3, 0.4) is 0 Å². The van der Waals surface area contributed by atoms with E-state index in [-0.39, 0.29) is 0 Å². The lowest BCUT2D eigenvalue weighted by Gasteiger charge is -2.20. The Kier molecular flexibility index (Phi) is 4.23. The number of halogens is 1. The molecule has 3 heteroatoms. The van der Waals surface area contributed by atoms with Gasteiger partial charge in [-0.25, -0.2) is 0 Å². The van der Waals surface area contributed by atoms with Crippen molar-refractivity contribution in [2.75, 3.05) is 0 Å². The van der Waals surface area contributed by atoms with E-state index in [0.29, 0.717) is 6.04 Å². The van der Waals surface area contributed by atoms with Gasteiger partial charge in [0.1, 0.15) is 0 Å². The summed E-state index contributed by atoms with van der Waals surface area (Å²) >= 11 is 5.40. The molecule has 1 aromatic heterocycles. The second kappa shape index (κ2) is 5.46. The SMILES string of the molecule is C[C@@H](NCc1sccc1Br)C1CCCC1. The largest absolute Gasteiger partial charge is 0.309 e. The first-order chi connectivity index (χ1) is 7.27. The Morgan fingerprint density at radius 1 is 1.53 bits per heavy atom. The zero-order chi connectivity index (χ0) is 10.7. The zero-order valence-electron chi connectivity index (χ0n) is 9.13. The van der Waals surface area contributed by atoms with Crippen LogP contribution in [0.1, 0.15) is 37.5 Å². The van der Waals surface area contributed by atoms with E-state index >= 15 is 0 Å². The molecule has 1 saturated carbocycles. The van der Waals surface area contributed by atoms with Crippen molar-refractivity contribution in [3.63, 3.8) is 0 Å². The van der Waals surface area contributed by atoms with E-state index in [1.807, 2.05) is 11.3 Å². The molecule has 2 rings (SSSR count). The monoisotopic (exact) mass is 287 g/mol. The number of nitrogens with one attached hydrogen (secondary N) is 1. The van der Waals surface area contributed by atoms with Gasteiger partial charge in [-0.3, -0.25) is 0 Å². The molecule has 0 bridgehead atoms. The predicted molar refractivity (Wildman–Crippen MR) is 70.3 cm³/mol. The average Bonchev–Trinajstić information content (AvgIpc) is 2.85. The fourth-order valence-electron chi connectivity index (χ4n) is 2.33. The number of hydrogen-bond acceptors (Lipinski definition) is 2. The fraction of sp³-hybridized carbons (Fsp3) is 0.667. The summed E-state index contributed by atoms with van der Waals surface area (Å²) in [6.45, 7) is 3.34. The molecule has 1 nitrogen and oxygen atoms in total. The fourth-order valence-corrected chi connectivity index (χ4v) is 3.77. The van der Waals surface area contributed by atoms with E-state index in [4.69, 9.17) is 0 Å². The number of hydrogen-bond donors (Lipinski definition) is 1. The molecule has 84 valence electrons. The van der Waals surface area contributed by atoms with Crippen LogP contribution < -0.4 is 5.32 Å². The first-order valence-electron chi connectivity index (χ1n) is 5.72. The Hall–Kier alpha value is 0.140. The van der Waals surface area contributed by atoms with Gasteiger partial charge in [0.15, 0.2) is 0 Å². The molecular weight excluding hydrogens is 270 g/mol. The Balaban J connectivity index is 1.80. The summed E-state index contributed by atoms with van der Waals surface area (Å²) in [5.74, 6) is 0.906. The molecule has 1 aliphatic carbocycles. The maximum absolute atomic E-state index is 3.65. The van der Waals surface area contributed by atoms with Crippen molar-refractivity contribution in [2.24, 2.45) is 5.92 Å². The summed E-state index contributed by atoms with van der Waals surface area (Å²) in [5, 5.41) is 5.79. The lowest BCUT2D eigenvalue weighted by Crippen LogP contribution is -2.31. The molecule has 15 heavy (non-hydrogen) atoms. The Bertz CT molecular complexity index is 304. The highest BCUT2D eigenvalue weighted by Gasteiger charge is 2.21. The van der Waals surface area contributed by atoms with Crippen molar-refractivity contribution >= 4 is 27.3 Å². The highest BCUT2D eigenvalue weighted by molar-refractivity contribution is 9.10. The Labute approximate surface area is 104 Å². The van der Waals surface area contributed by atoms with Gasteiger partial charge in [-0.15, -0.1) is 11.3 Å². The second-order valence-corrected chi connectivity index (χ2v) is 6.26. The maximum atomic E-state index is 3.65. The van der Waals surface area contributed by atoms with E-state index in [2.05, 4.69) is 39.6 Å². The number of thiophene rings is 1. The van der Waals surface area contributed by atoms with Crippen molar-refractivity contribution in [1.29, 1.82) is 0 Å². The summed E-state index contributed by atoms with van der Waals surface area (Å²) in [6, 6.07) is 2.79. The molecule has 0 saturated heterocycles. The van der Waals surface area contributed by atoms with Gasteiger partial charge < -0.3 is 5.32 Å². The molecular formula is C12H18BrNS. The molecule has 1 fully saturated rings. The van der Waals surface area contributed by atoms with Crippen molar-refractivity contribution in [3.05, 3.63) is 20.8 Å². The molecule has 1 atom stereocenters. The van der Waals surface area contributed by atoms with Crippen LogP contribution in [-0.4, -0.2) is 6.04 Å². The van der Waals surface area contributed by atoms with E-state index in [9.17, 15) is 0 Å². The van der Waals surface area contributed by atoms with Gasteiger partial charge in [0.25, 0.3) is 0 Å². The van der Waals surface area contributed by atoms with Gasteiger partial charge in [-0.05, 0) is 53.1 Å². The highest BCUT2D eigenvalue weighted by atomic mass is 79.9. The van der Waals surface area contributed by atoms with Crippen molar-refractivity contribution < 1.29 is 0 Å². The normalized spacial score (nSPS) is 19.6. The smallest absolute Gasteiger partial charge is 0.0327 e. The molecule has 1 aliphatic rings. The summed E-state index contributed by atoms with van der Waals surface area (Å²) in [4.78, 5) is 1.42. The third-order valence-corrected chi connectivity index (χ3v) is 5.31. The third-order valence-electron chi connectivity index (χ3n) is 3.38. The van der Waals surface area contributed by atoms with Crippen molar-refractivity contribution in [2.45, 2.75) is 45.2 Å². The summed E-state index contributed by atoms with van der Waals surface area (Å²) in [7, 11) is 0. The molecule has 0 amide bonds. The topological polar surface area (TPSA) is 12.0 Å². The molecule has 1 aromatic rings. The van der Waals surface area contributed by atoms with E-state index < -0.39 is 0 Å². The van der Waals surface area contributed by atoms with Gasteiger partial charge in [-0.1, -0.05) is 12.8 Å². The van der Waals surface area contributed by atoms with Crippen LogP contribution in [0.4, 0.5) is 0 Å². The molecule has 0 radical (unpaired) electrons. The minimum Gasteiger partial charge on any atom is -0.309 e. The van der Waals surface area contributed by atoms with Crippen LogP contribution in [0.25, 0.3) is 0 Å². The second-order valence-electron chi connectivity index (χ2n) is 4.41. The lowest BCUT2D eigenvalue weighted by atomic mass is 10.00. The molecule has 1 heterocycles. The van der Waals surface area contributed by atoms with Gasteiger partial charge in [-0.2, -0.15) is 0 Å². The zero-order valence-corrected chi connectivity index (χ0v) is 11.5. The third kappa shape index (κ3) is 3.05. The van der Waals surface area contributed by atoms with E-state index in [1.54, 1.807) is 0 Å². The quantitative estimate of drug-likeness (QED) is 0.876. The lowest BCUT2D eigenvalue weighted by molar-refractivity contribution is 0.381. The standard InChI is InChI=1S/C12H18BrNS/c1-9(10-4-2-3-5-10)14-8-12-11(13)6-7-15-12/h6-7,9-10,14H,2-5,8H2,1H3/t9-/m1/s1. The van der Waals surface area contributed by atoms with Crippen LogP contribution in [0.5, 0.6) is 0 Å². The Morgan fingerprint density at radius 2 is 2.27 bits per heavy atom. The summed E-state index contributed by atoms with van der Waals surface area (Å²) in [6.07, 6.45) is 5.69. The van der Waals surface area contributed by atoms with Crippen molar-refractivity contribution in [3.8, 4) is 0 Å². The molecule has 0 aliphatic heterocycles. The van der Waals surface area contributed by atoms with Gasteiger partial charge in [0, 0.05) is 21.9 Å². The van der Waals surface area contributed by atoms with Crippen LogP contribution in [-0.2, 0) is 6.54 Å². The van der Waals surface area contributed by atoms with E-state index in [0.717, 1.165) is 12.5 Å². The van der Waals surface area contributed by atoms with Crippen LogP contribution in [0.2, 0.25) is 0 Å². The Morgan fingerprint density at radius 3 is 2.87 bits per heavy atom. The minimum atomic E-state index is 0.668. The number of rotatable bonds is 4. The first-order valence-corrected chi connectivity index (χ1v) is 7.40. The van der Waals surface area contributed by atoms with Crippen LogP contribution in [0, 0.1) is 5.92 Å². The molecule has 0 aromatic carbocycles.